The van der Waals surface area contributed by atoms with Crippen molar-refractivity contribution >= 4 is 52.2 Å². The maximum atomic E-state index is 14.2. The van der Waals surface area contributed by atoms with E-state index in [0.717, 1.165) is 6.26 Å². The molecule has 0 radical (unpaired) electrons. The van der Waals surface area contributed by atoms with Crippen molar-refractivity contribution < 1.29 is 46.5 Å². The standard InChI is InChI=1S/C27H36ClN6O10PS/c1-5-34(32-46(4,39)40)23-19-11-14-33(22(19)29-16-30-23)24-26(2,37)21(35)20(43-24)15-42-45(38,44-18-9-7-17(28)8-10-18)31-27(12-6-13-27)25(36)41-3/h7-11,14,16,20-21,24,32,35,37H,5-6,12-13,15H2,1-4H3,(H,31,38)/t20?,21-,24?,26-,45?/m1/s1. The van der Waals surface area contributed by atoms with Crippen LogP contribution in [0.4, 0.5) is 5.82 Å². The summed E-state index contributed by atoms with van der Waals surface area (Å²) < 4.78 is 62.0. The predicted molar refractivity (Wildman–Crippen MR) is 166 cm³/mol. The van der Waals surface area contributed by atoms with Crippen LogP contribution in [0.2, 0.25) is 5.02 Å². The Hall–Kier alpha value is -2.86. The molecule has 1 aliphatic heterocycles. The highest BCUT2D eigenvalue weighted by Gasteiger charge is 2.55. The first-order valence-corrected chi connectivity index (χ1v) is 18.1. The summed E-state index contributed by atoms with van der Waals surface area (Å²) in [7, 11) is -6.74. The summed E-state index contributed by atoms with van der Waals surface area (Å²) in [5.41, 5.74) is -2.93. The molecule has 5 rings (SSSR count). The Balaban J connectivity index is 1.40. The fraction of sp³-hybridized carbons (Fsp3) is 0.519. The third kappa shape index (κ3) is 6.88. The second-order valence-corrected chi connectivity index (χ2v) is 15.2. The number of anilines is 1. The third-order valence-electron chi connectivity index (χ3n) is 7.93. The lowest BCUT2D eigenvalue weighted by Gasteiger charge is -2.41. The lowest BCUT2D eigenvalue weighted by Crippen LogP contribution is -2.57. The summed E-state index contributed by atoms with van der Waals surface area (Å²) >= 11 is 5.98. The molecule has 0 amide bonds. The first-order chi connectivity index (χ1) is 21.6. The van der Waals surface area contributed by atoms with Crippen molar-refractivity contribution in [3.05, 3.63) is 47.9 Å². The molecule has 2 fully saturated rings. The van der Waals surface area contributed by atoms with Gasteiger partial charge in [0.1, 0.15) is 41.1 Å². The highest BCUT2D eigenvalue weighted by molar-refractivity contribution is 7.88. The first kappa shape index (κ1) is 34.5. The predicted octanol–water partition coefficient (Wildman–Crippen LogP) is 2.27. The van der Waals surface area contributed by atoms with E-state index < -0.39 is 59.9 Å². The van der Waals surface area contributed by atoms with E-state index in [9.17, 15) is 28.0 Å². The van der Waals surface area contributed by atoms with Crippen molar-refractivity contribution in [1.29, 1.82) is 0 Å². The minimum atomic E-state index is -4.34. The van der Waals surface area contributed by atoms with E-state index in [-0.39, 0.29) is 23.8 Å². The highest BCUT2D eigenvalue weighted by Crippen LogP contribution is 2.51. The summed E-state index contributed by atoms with van der Waals surface area (Å²) in [6, 6.07) is 7.63. The number of hydrogen-bond donors (Lipinski definition) is 4. The summed E-state index contributed by atoms with van der Waals surface area (Å²) in [6.45, 7) is 2.81. The van der Waals surface area contributed by atoms with E-state index in [1.54, 1.807) is 19.2 Å². The third-order valence-corrected chi connectivity index (χ3v) is 10.4. The van der Waals surface area contributed by atoms with Gasteiger partial charge >= 0.3 is 13.7 Å². The molecule has 4 N–H and O–H groups in total. The van der Waals surface area contributed by atoms with Gasteiger partial charge in [0.15, 0.2) is 12.0 Å². The molecule has 1 aromatic carbocycles. The highest BCUT2D eigenvalue weighted by atomic mass is 35.5. The van der Waals surface area contributed by atoms with Crippen LogP contribution in [0, 0.1) is 0 Å². The van der Waals surface area contributed by atoms with Gasteiger partial charge in [-0.2, -0.15) is 5.09 Å². The van der Waals surface area contributed by atoms with Crippen LogP contribution in [-0.2, 0) is 33.4 Å². The Morgan fingerprint density at radius 2 is 1.96 bits per heavy atom. The number of esters is 1. The van der Waals surface area contributed by atoms with Gasteiger partial charge in [-0.3, -0.25) is 14.3 Å². The molecule has 0 spiro atoms. The number of carbonyl (C=O) groups is 1. The number of hydrazine groups is 1. The topological polar surface area (TPSA) is 204 Å². The number of methoxy groups -OCH3 is 1. The zero-order chi connectivity index (χ0) is 33.5. The van der Waals surface area contributed by atoms with E-state index in [0.29, 0.717) is 29.7 Å². The zero-order valence-corrected chi connectivity index (χ0v) is 28.0. The zero-order valence-electron chi connectivity index (χ0n) is 25.5. The largest absolute Gasteiger partial charge is 0.468 e. The second-order valence-electron chi connectivity index (χ2n) is 11.3. The molecule has 3 heterocycles. The van der Waals surface area contributed by atoms with Crippen molar-refractivity contribution in [2.45, 2.75) is 62.7 Å². The molecule has 252 valence electrons. The number of rotatable bonds is 13. The molecule has 19 heteroatoms. The van der Waals surface area contributed by atoms with Crippen molar-refractivity contribution in [3.8, 4) is 5.75 Å². The number of halogens is 1. The molecule has 1 aliphatic carbocycles. The molecular weight excluding hydrogens is 667 g/mol. The van der Waals surface area contributed by atoms with Crippen molar-refractivity contribution in [3.63, 3.8) is 0 Å². The Bertz CT molecular complexity index is 1740. The van der Waals surface area contributed by atoms with Crippen LogP contribution in [0.3, 0.4) is 0 Å². The summed E-state index contributed by atoms with van der Waals surface area (Å²) in [5.74, 6) is -0.230. The SMILES string of the molecule is CCN(NS(C)(=O)=O)c1ncnc2c1ccn2C1OC(COP(=O)(NC2(C(=O)OC)CCC2)Oc2ccc(Cl)cc2)[C@@H](O)[C@@]1(C)O. The van der Waals surface area contributed by atoms with Crippen LogP contribution in [0.25, 0.3) is 11.0 Å². The Morgan fingerprint density at radius 3 is 2.54 bits per heavy atom. The monoisotopic (exact) mass is 702 g/mol. The molecule has 16 nitrogen and oxygen atoms in total. The molecule has 0 bridgehead atoms. The average Bonchev–Trinajstić information content (AvgIpc) is 3.50. The normalized spacial score (nSPS) is 25.5. The van der Waals surface area contributed by atoms with E-state index >= 15 is 0 Å². The van der Waals surface area contributed by atoms with Crippen LogP contribution in [0.1, 0.15) is 39.3 Å². The molecule has 46 heavy (non-hydrogen) atoms. The first-order valence-electron chi connectivity index (χ1n) is 14.3. The van der Waals surface area contributed by atoms with Crippen molar-refractivity contribution in [2.24, 2.45) is 0 Å². The van der Waals surface area contributed by atoms with Crippen molar-refractivity contribution in [2.75, 3.05) is 31.5 Å². The quantitative estimate of drug-likeness (QED) is 0.115. The number of carbonyl (C=O) groups excluding carboxylic acids is 1. The number of fused-ring (bicyclic) bond motifs is 1. The number of sulfonamides is 1. The van der Waals surface area contributed by atoms with Gasteiger partial charge in [-0.25, -0.2) is 23.0 Å². The summed E-state index contributed by atoms with van der Waals surface area (Å²) in [5, 5.41) is 27.6. The number of benzene rings is 1. The van der Waals surface area contributed by atoms with Crippen LogP contribution in [0.5, 0.6) is 5.75 Å². The average molecular weight is 703 g/mol. The van der Waals surface area contributed by atoms with Gasteiger partial charge in [-0.15, -0.1) is 4.83 Å². The van der Waals surface area contributed by atoms with Crippen LogP contribution in [0.15, 0.2) is 42.9 Å². The Labute approximate surface area is 270 Å². The fourth-order valence-electron chi connectivity index (χ4n) is 5.43. The number of ether oxygens (including phenoxy) is 2. The summed E-state index contributed by atoms with van der Waals surface area (Å²) in [6.07, 6.45) is 1.15. The maximum absolute atomic E-state index is 14.2. The van der Waals surface area contributed by atoms with E-state index in [2.05, 4.69) is 19.9 Å². The van der Waals surface area contributed by atoms with E-state index in [4.69, 9.17) is 30.1 Å². The van der Waals surface area contributed by atoms with Crippen LogP contribution in [-0.4, -0.2) is 89.0 Å². The lowest BCUT2D eigenvalue weighted by molar-refractivity contribution is -0.151. The van der Waals surface area contributed by atoms with Gasteiger partial charge in [0.2, 0.25) is 10.0 Å². The van der Waals surface area contributed by atoms with E-state index in [1.165, 1.54) is 54.2 Å². The number of hydrogen-bond acceptors (Lipinski definition) is 13. The smallest absolute Gasteiger partial charge is 0.459 e. The van der Waals surface area contributed by atoms with Gasteiger partial charge in [0, 0.05) is 17.8 Å². The molecule has 5 atom stereocenters. The molecule has 2 aliphatic rings. The number of nitrogens with zero attached hydrogens (tertiary/aromatic N) is 4. The van der Waals surface area contributed by atoms with Crippen molar-refractivity contribution in [1.82, 2.24) is 24.5 Å². The summed E-state index contributed by atoms with van der Waals surface area (Å²) in [4.78, 5) is 23.6. The molecule has 2 aromatic heterocycles. The van der Waals surface area contributed by atoms with Crippen LogP contribution < -0.4 is 19.5 Å². The number of nitrogens with one attached hydrogen (secondary N) is 2. The van der Waals surface area contributed by atoms with Gasteiger partial charge in [-0.05, 0) is 63.4 Å². The van der Waals surface area contributed by atoms with Gasteiger partial charge in [0.05, 0.1) is 25.4 Å². The minimum absolute atomic E-state index is 0.137. The van der Waals surface area contributed by atoms with Gasteiger partial charge in [-0.1, -0.05) is 11.6 Å². The number of aliphatic hydroxyl groups is 2. The molecule has 3 unspecified atom stereocenters. The number of aromatic nitrogens is 3. The molecule has 1 saturated heterocycles. The second kappa shape index (κ2) is 13.0. The van der Waals surface area contributed by atoms with Gasteiger partial charge < -0.3 is 28.8 Å². The van der Waals surface area contributed by atoms with Crippen LogP contribution >= 0.6 is 19.3 Å². The Kier molecular flexibility index (Phi) is 9.72. The molecule has 3 aromatic rings. The molecule has 1 saturated carbocycles. The fourth-order valence-corrected chi connectivity index (χ4v) is 7.92. The minimum Gasteiger partial charge on any atom is -0.468 e. The maximum Gasteiger partial charge on any atom is 0.459 e. The van der Waals surface area contributed by atoms with Gasteiger partial charge in [0.25, 0.3) is 0 Å². The lowest BCUT2D eigenvalue weighted by atomic mass is 9.78. The number of aliphatic hydroxyl groups excluding tert-OH is 1. The Morgan fingerprint density at radius 1 is 1.26 bits per heavy atom. The molecular formula is C27H36ClN6O10PS. The van der Waals surface area contributed by atoms with E-state index in [1.807, 2.05) is 0 Å².